The molecule has 4 rings (SSSR count). The van der Waals surface area contributed by atoms with E-state index in [1.54, 1.807) is 6.92 Å². The van der Waals surface area contributed by atoms with Crippen LogP contribution in [0.3, 0.4) is 0 Å². The normalized spacial score (nSPS) is 32.8. The molecule has 0 saturated heterocycles. The number of rotatable bonds is 2. The number of terminal acetylenes is 1. The first-order valence-corrected chi connectivity index (χ1v) is 10.5. The maximum Gasteiger partial charge on any atom is 0.255 e. The van der Waals surface area contributed by atoms with Crippen LogP contribution in [0.1, 0.15) is 29.5 Å². The van der Waals surface area contributed by atoms with Crippen LogP contribution in [0.15, 0.2) is 29.0 Å². The molecule has 0 radical (unpaired) electrons. The average molecular weight is 468 g/mol. The second kappa shape index (κ2) is 7.43. The fourth-order valence-corrected chi connectivity index (χ4v) is 5.82. The van der Waals surface area contributed by atoms with Gasteiger partial charge in [-0.3, -0.25) is 19.3 Å². The van der Waals surface area contributed by atoms with Gasteiger partial charge in [0, 0.05) is 17.1 Å². The molecule has 1 fully saturated rings. The largest absolute Gasteiger partial charge is 0.508 e. The van der Waals surface area contributed by atoms with Gasteiger partial charge in [0.15, 0.2) is 11.4 Å². The maximum atomic E-state index is 13.8. The van der Waals surface area contributed by atoms with Crippen LogP contribution in [-0.2, 0) is 14.4 Å². The number of aromatic hydroxyl groups is 1. The number of benzene rings is 1. The van der Waals surface area contributed by atoms with Gasteiger partial charge in [0.25, 0.3) is 5.91 Å². The highest BCUT2D eigenvalue weighted by Gasteiger charge is 2.68. The van der Waals surface area contributed by atoms with Gasteiger partial charge in [0.1, 0.15) is 22.8 Å². The molecular formula is C24H24N2O8. The minimum Gasteiger partial charge on any atom is -0.508 e. The number of phenolic OH excluding ortho intramolecular Hbond substituents is 1. The monoisotopic (exact) mass is 468 g/mol. The van der Waals surface area contributed by atoms with Crippen LogP contribution in [0.2, 0.25) is 0 Å². The molecule has 34 heavy (non-hydrogen) atoms. The molecule has 1 aromatic carbocycles. The van der Waals surface area contributed by atoms with E-state index in [2.05, 4.69) is 5.92 Å². The molecule has 0 unspecified atom stereocenters. The summed E-state index contributed by atoms with van der Waals surface area (Å²) in [6.45, 7) is 1.62. The molecular weight excluding hydrogens is 444 g/mol. The molecule has 0 aromatic heterocycles. The molecule has 3 aliphatic carbocycles. The molecule has 6 atom stereocenters. The highest BCUT2D eigenvalue weighted by atomic mass is 16.4. The number of aliphatic hydroxyl groups is 4. The number of carbonyl (C=O) groups is 3. The Morgan fingerprint density at radius 2 is 1.82 bits per heavy atom. The SMILES string of the molecule is C#Cc1ccc(O)c2c1[C@H](C)[C@@H]1C(=C2O)C(=O)[C@]2(O)C(O)=C(C(N)=O)C(=O)[C@H](N(C)C)[C@@H]2[C@@H]1O. The summed E-state index contributed by atoms with van der Waals surface area (Å²) in [5.74, 6) is -6.98. The molecule has 1 aromatic rings. The Kier molecular flexibility index (Phi) is 5.14. The van der Waals surface area contributed by atoms with Crippen LogP contribution in [0.25, 0.3) is 5.76 Å². The van der Waals surface area contributed by atoms with Crippen LogP contribution in [-0.4, -0.2) is 79.7 Å². The zero-order valence-electron chi connectivity index (χ0n) is 18.6. The third kappa shape index (κ3) is 2.66. The molecule has 0 aliphatic heterocycles. The molecule has 0 heterocycles. The van der Waals surface area contributed by atoms with Crippen molar-refractivity contribution in [1.82, 2.24) is 4.90 Å². The Morgan fingerprint density at radius 1 is 1.21 bits per heavy atom. The Hall–Kier alpha value is -3.65. The molecule has 0 bridgehead atoms. The van der Waals surface area contributed by atoms with Crippen molar-refractivity contribution in [2.45, 2.75) is 30.6 Å². The van der Waals surface area contributed by atoms with Gasteiger partial charge in [-0.05, 0) is 37.7 Å². The molecule has 0 spiro atoms. The number of nitrogens with two attached hydrogens (primary N) is 1. The summed E-state index contributed by atoms with van der Waals surface area (Å²) in [5.41, 5.74) is 1.40. The zero-order valence-corrected chi connectivity index (χ0v) is 18.6. The average Bonchev–Trinajstić information content (AvgIpc) is 2.75. The van der Waals surface area contributed by atoms with Crippen LogP contribution in [0.5, 0.6) is 5.75 Å². The topological polar surface area (TPSA) is 182 Å². The minimum atomic E-state index is -2.94. The first kappa shape index (κ1) is 23.5. The number of carbonyl (C=O) groups excluding carboxylic acids is 3. The number of likely N-dealkylation sites (N-methyl/N-ethyl adjacent to an activating group) is 1. The van der Waals surface area contributed by atoms with Crippen molar-refractivity contribution in [2.75, 3.05) is 14.1 Å². The Bertz CT molecular complexity index is 1270. The third-order valence-electron chi connectivity index (χ3n) is 7.26. The Balaban J connectivity index is 2.10. The van der Waals surface area contributed by atoms with E-state index in [0.29, 0.717) is 11.1 Å². The van der Waals surface area contributed by atoms with Crippen LogP contribution < -0.4 is 5.73 Å². The number of aliphatic hydroxyl groups excluding tert-OH is 3. The Labute approximate surface area is 194 Å². The number of Topliss-reactive ketones (excluding diaryl/α,β-unsaturated/α-hetero) is 2. The highest BCUT2D eigenvalue weighted by Crippen LogP contribution is 2.56. The second-order valence-electron chi connectivity index (χ2n) is 9.11. The van der Waals surface area contributed by atoms with E-state index in [4.69, 9.17) is 12.2 Å². The number of fused-ring (bicyclic) bond motifs is 3. The third-order valence-corrected chi connectivity index (χ3v) is 7.26. The number of hydrogen-bond donors (Lipinski definition) is 6. The van der Waals surface area contributed by atoms with Crippen molar-refractivity contribution in [2.24, 2.45) is 17.6 Å². The lowest BCUT2D eigenvalue weighted by Crippen LogP contribution is -2.70. The van der Waals surface area contributed by atoms with Gasteiger partial charge in [0.2, 0.25) is 5.78 Å². The molecule has 10 heteroatoms. The molecule has 178 valence electrons. The maximum absolute atomic E-state index is 13.8. The summed E-state index contributed by atoms with van der Waals surface area (Å²) in [4.78, 5) is 40.2. The predicted molar refractivity (Wildman–Crippen MR) is 118 cm³/mol. The van der Waals surface area contributed by atoms with Crippen LogP contribution >= 0.6 is 0 Å². The zero-order chi connectivity index (χ0) is 25.4. The van der Waals surface area contributed by atoms with E-state index < -0.39 is 75.6 Å². The van der Waals surface area contributed by atoms with Crippen molar-refractivity contribution in [3.63, 3.8) is 0 Å². The van der Waals surface area contributed by atoms with Gasteiger partial charge < -0.3 is 31.3 Å². The summed E-state index contributed by atoms with van der Waals surface area (Å²) < 4.78 is 0. The van der Waals surface area contributed by atoms with Gasteiger partial charge in [-0.2, -0.15) is 0 Å². The minimum absolute atomic E-state index is 0.133. The lowest BCUT2D eigenvalue weighted by atomic mass is 9.54. The lowest BCUT2D eigenvalue weighted by Gasteiger charge is -2.53. The number of ketones is 2. The quantitative estimate of drug-likeness (QED) is 0.246. The summed E-state index contributed by atoms with van der Waals surface area (Å²) in [5, 5.41) is 55.4. The first-order chi connectivity index (χ1) is 15.8. The van der Waals surface area contributed by atoms with Crippen LogP contribution in [0, 0.1) is 24.2 Å². The Morgan fingerprint density at radius 3 is 2.35 bits per heavy atom. The summed E-state index contributed by atoms with van der Waals surface area (Å²) in [6, 6.07) is 1.29. The standard InChI is InChI=1S/C24H24N2O8/c1-5-9-6-7-10(27)13-11(9)8(2)12-14(18(13)28)21(31)24(34)16(19(12)29)17(26(3)4)20(30)15(22(24)32)23(25)33/h1,6-8,12,16-17,19,27-29,32,34H,2-4H3,(H2,25,33)/t8-,12+,16+,17+,19+,24-/m0/s1. The van der Waals surface area contributed by atoms with E-state index in [0.717, 1.165) is 0 Å². The van der Waals surface area contributed by atoms with E-state index in [9.17, 15) is 39.9 Å². The van der Waals surface area contributed by atoms with Crippen molar-refractivity contribution in [1.29, 1.82) is 0 Å². The fraction of sp³-hybridized carbons (Fsp3) is 0.375. The van der Waals surface area contributed by atoms with Gasteiger partial charge in [-0.1, -0.05) is 12.8 Å². The molecule has 7 N–H and O–H groups in total. The van der Waals surface area contributed by atoms with E-state index in [-0.39, 0.29) is 11.3 Å². The number of phenols is 1. The first-order valence-electron chi connectivity index (χ1n) is 10.5. The summed E-state index contributed by atoms with van der Waals surface area (Å²) >= 11 is 0. The number of nitrogens with zero attached hydrogens (tertiary/aromatic N) is 1. The molecule has 1 amide bonds. The molecule has 3 aliphatic rings. The van der Waals surface area contributed by atoms with Crippen molar-refractivity contribution >= 4 is 23.2 Å². The van der Waals surface area contributed by atoms with E-state index in [1.165, 1.54) is 31.1 Å². The summed E-state index contributed by atoms with van der Waals surface area (Å²) in [6.07, 6.45) is 3.93. The van der Waals surface area contributed by atoms with Gasteiger partial charge in [0.05, 0.1) is 23.6 Å². The smallest absolute Gasteiger partial charge is 0.255 e. The fourth-order valence-electron chi connectivity index (χ4n) is 5.82. The second-order valence-corrected chi connectivity index (χ2v) is 9.11. The molecule has 10 nitrogen and oxygen atoms in total. The molecule has 1 saturated carbocycles. The van der Waals surface area contributed by atoms with Gasteiger partial charge >= 0.3 is 0 Å². The predicted octanol–water partition coefficient (Wildman–Crippen LogP) is -0.523. The number of primary amides is 1. The number of amides is 1. The number of hydrogen-bond acceptors (Lipinski definition) is 9. The van der Waals surface area contributed by atoms with Gasteiger partial charge in [-0.15, -0.1) is 6.42 Å². The van der Waals surface area contributed by atoms with Crippen molar-refractivity contribution < 1.29 is 39.9 Å². The van der Waals surface area contributed by atoms with E-state index >= 15 is 0 Å². The van der Waals surface area contributed by atoms with E-state index in [1.807, 2.05) is 0 Å². The highest BCUT2D eigenvalue weighted by molar-refractivity contribution is 6.24. The lowest BCUT2D eigenvalue weighted by molar-refractivity contribution is -0.169. The summed E-state index contributed by atoms with van der Waals surface area (Å²) in [7, 11) is 2.89. The van der Waals surface area contributed by atoms with Crippen molar-refractivity contribution in [3.05, 3.63) is 45.7 Å². The van der Waals surface area contributed by atoms with Gasteiger partial charge in [-0.25, -0.2) is 0 Å². The van der Waals surface area contributed by atoms with Crippen LogP contribution in [0.4, 0.5) is 0 Å². The van der Waals surface area contributed by atoms with Crippen molar-refractivity contribution in [3.8, 4) is 18.1 Å².